The summed E-state index contributed by atoms with van der Waals surface area (Å²) in [6, 6.07) is 0. The normalized spacial score (nSPS) is 53.5. The van der Waals surface area contributed by atoms with Crippen molar-refractivity contribution < 1.29 is 63.2 Å². The minimum absolute atomic E-state index is 0.00822. The number of carbonyl (C=O) groups is 2. The number of aliphatic hydroxyl groups is 4. The van der Waals surface area contributed by atoms with Crippen molar-refractivity contribution in [3.63, 3.8) is 0 Å². The molecule has 5 heterocycles. The fraction of sp³-hybridized carbons (Fsp3) is 0.867. The van der Waals surface area contributed by atoms with E-state index in [4.69, 9.17) is 33.2 Å². The zero-order valence-corrected chi connectivity index (χ0v) is 24.5. The van der Waals surface area contributed by atoms with Crippen molar-refractivity contribution in [3.05, 3.63) is 11.1 Å². The zero-order valence-electron chi connectivity index (χ0n) is 24.5. The third-order valence-electron chi connectivity index (χ3n) is 12.0. The highest BCUT2D eigenvalue weighted by molar-refractivity contribution is 5.92. The fourth-order valence-electron chi connectivity index (χ4n) is 9.65. The van der Waals surface area contributed by atoms with Crippen molar-refractivity contribution in [1.82, 2.24) is 0 Å². The molecule has 4 saturated heterocycles. The molecule has 13 heteroatoms. The lowest BCUT2D eigenvalue weighted by molar-refractivity contribution is -0.301. The Bertz CT molecular complexity index is 1270. The Labute approximate surface area is 248 Å². The van der Waals surface area contributed by atoms with Crippen LogP contribution in [0.1, 0.15) is 52.9 Å². The molecule has 3 aliphatic carbocycles. The van der Waals surface area contributed by atoms with Gasteiger partial charge < -0.3 is 53.6 Å². The average Bonchev–Trinajstić information content (AvgIpc) is 3.89. The molecule has 8 rings (SSSR count). The first-order valence-corrected chi connectivity index (χ1v) is 15.5. The standard InChI is InChI=1S/C30H40O13/c1-12(2)28-22(42-28)23-30(43-23)27(3)7-6-13-14(11-38-24(13)36)15(27)9-17-29(30,41-17)26(28)40-18(32)5-4-8-37-25-21(35)20(34)19(33)16(10-31)39-25/h12,15-17,19-23,25-26,31,33-35H,4-11H2,1-3H3/t15-,16?,17-,19+,20-,21?,22-,23-,25+,26+,27-,28-,29+,30+/m0/s1. The summed E-state index contributed by atoms with van der Waals surface area (Å²) < 4.78 is 42.5. The van der Waals surface area contributed by atoms with Gasteiger partial charge in [-0.1, -0.05) is 20.8 Å². The summed E-state index contributed by atoms with van der Waals surface area (Å²) in [5.74, 6) is -0.537. The number of hydrogen-bond donors (Lipinski definition) is 4. The first-order valence-electron chi connectivity index (χ1n) is 15.5. The maximum atomic E-state index is 13.4. The second-order valence-corrected chi connectivity index (χ2v) is 14.0. The van der Waals surface area contributed by atoms with Gasteiger partial charge in [0, 0.05) is 17.4 Å². The number of aliphatic hydroxyl groups excluding tert-OH is 4. The van der Waals surface area contributed by atoms with Gasteiger partial charge in [0.2, 0.25) is 0 Å². The van der Waals surface area contributed by atoms with Crippen molar-refractivity contribution in [1.29, 1.82) is 0 Å². The van der Waals surface area contributed by atoms with Crippen LogP contribution in [0.2, 0.25) is 0 Å². The predicted molar refractivity (Wildman–Crippen MR) is 140 cm³/mol. The molecule has 2 saturated carbocycles. The van der Waals surface area contributed by atoms with Gasteiger partial charge in [-0.25, -0.2) is 4.79 Å². The SMILES string of the molecule is CC(C)[C@]12O[C@H]1[C@@H]1O[C@]13[C@]1(O[C@H]1C[C@H]1C4=C(CC[C@@]13C)C(=O)OC4)[C@@H]2OC(=O)CCCO[C@@H]1OC(CO)[C@@H](O)[C@H](O)C1O. The lowest BCUT2D eigenvalue weighted by atomic mass is 9.46. The van der Waals surface area contributed by atoms with Crippen LogP contribution in [0.15, 0.2) is 11.1 Å². The average molecular weight is 609 g/mol. The van der Waals surface area contributed by atoms with E-state index in [0.29, 0.717) is 19.4 Å². The van der Waals surface area contributed by atoms with Crippen molar-refractivity contribution in [2.45, 2.75) is 125 Å². The number of rotatable bonds is 8. The molecule has 0 radical (unpaired) electrons. The van der Waals surface area contributed by atoms with E-state index in [2.05, 4.69) is 20.8 Å². The van der Waals surface area contributed by atoms with Crippen LogP contribution in [0, 0.1) is 17.3 Å². The number of hydrogen-bond acceptors (Lipinski definition) is 13. The van der Waals surface area contributed by atoms with Crippen LogP contribution in [0.5, 0.6) is 0 Å². The van der Waals surface area contributed by atoms with Crippen LogP contribution in [-0.2, 0) is 42.7 Å². The van der Waals surface area contributed by atoms with E-state index in [1.165, 1.54) is 0 Å². The minimum Gasteiger partial charge on any atom is -0.458 e. The quantitative estimate of drug-likeness (QED) is 0.153. The predicted octanol–water partition coefficient (Wildman–Crippen LogP) is -0.749. The second-order valence-electron chi connectivity index (χ2n) is 14.0. The summed E-state index contributed by atoms with van der Waals surface area (Å²) in [5.41, 5.74) is -0.698. The summed E-state index contributed by atoms with van der Waals surface area (Å²) in [6.45, 7) is 6.11. The summed E-state index contributed by atoms with van der Waals surface area (Å²) in [4.78, 5) is 25.8. The summed E-state index contributed by atoms with van der Waals surface area (Å²) in [7, 11) is 0. The molecule has 14 atom stereocenters. The van der Waals surface area contributed by atoms with Gasteiger partial charge in [-0.05, 0) is 43.1 Å². The van der Waals surface area contributed by atoms with Gasteiger partial charge in [-0.15, -0.1) is 0 Å². The third kappa shape index (κ3) is 3.43. The van der Waals surface area contributed by atoms with Gasteiger partial charge in [0.1, 0.15) is 54.4 Å². The maximum absolute atomic E-state index is 13.4. The highest BCUT2D eigenvalue weighted by Crippen LogP contribution is 2.83. The molecule has 6 fully saturated rings. The highest BCUT2D eigenvalue weighted by Gasteiger charge is 3.01. The Kier molecular flexibility index (Phi) is 6.15. The van der Waals surface area contributed by atoms with E-state index in [9.17, 15) is 30.0 Å². The Balaban J connectivity index is 0.985. The van der Waals surface area contributed by atoms with Crippen LogP contribution in [0.4, 0.5) is 0 Å². The van der Waals surface area contributed by atoms with Gasteiger partial charge in [-0.2, -0.15) is 0 Å². The maximum Gasteiger partial charge on any atom is 0.334 e. The number of carbonyl (C=O) groups excluding carboxylic acids is 2. The van der Waals surface area contributed by atoms with Crippen LogP contribution < -0.4 is 0 Å². The topological polar surface area (TPSA) is 190 Å². The summed E-state index contributed by atoms with van der Waals surface area (Å²) in [6.07, 6.45) is -5.79. The van der Waals surface area contributed by atoms with E-state index in [0.717, 1.165) is 17.6 Å². The molecule has 4 N–H and O–H groups in total. The number of cyclic esters (lactones) is 1. The lowest BCUT2D eigenvalue weighted by Crippen LogP contribution is -2.70. The zero-order chi connectivity index (χ0) is 30.3. The van der Waals surface area contributed by atoms with Gasteiger partial charge in [0.25, 0.3) is 0 Å². The minimum atomic E-state index is -1.54. The molecule has 5 aliphatic heterocycles. The first kappa shape index (κ1) is 28.8. The summed E-state index contributed by atoms with van der Waals surface area (Å²) in [5, 5.41) is 39.5. The molecular weight excluding hydrogens is 568 g/mol. The number of fused-ring (bicyclic) bond motifs is 4. The molecule has 2 unspecified atom stereocenters. The van der Waals surface area contributed by atoms with E-state index in [1.54, 1.807) is 0 Å². The molecule has 13 nitrogen and oxygen atoms in total. The van der Waals surface area contributed by atoms with Gasteiger partial charge in [0.05, 0.1) is 19.3 Å². The van der Waals surface area contributed by atoms with Crippen LogP contribution in [0.3, 0.4) is 0 Å². The molecule has 8 aliphatic rings. The van der Waals surface area contributed by atoms with E-state index in [-0.39, 0.29) is 61.0 Å². The van der Waals surface area contributed by atoms with Gasteiger partial charge >= 0.3 is 11.9 Å². The number of esters is 2. The van der Waals surface area contributed by atoms with Crippen LogP contribution in [0.25, 0.3) is 0 Å². The lowest BCUT2D eigenvalue weighted by Gasteiger charge is -2.53. The van der Waals surface area contributed by atoms with Crippen molar-refractivity contribution in [3.8, 4) is 0 Å². The van der Waals surface area contributed by atoms with E-state index in [1.807, 2.05) is 0 Å². The molecule has 0 aromatic heterocycles. The Hall–Kier alpha value is -1.68. The van der Waals surface area contributed by atoms with Crippen molar-refractivity contribution in [2.24, 2.45) is 17.3 Å². The molecule has 0 aromatic rings. The van der Waals surface area contributed by atoms with Crippen molar-refractivity contribution >= 4 is 11.9 Å². The Morgan fingerprint density at radius 1 is 1.09 bits per heavy atom. The highest BCUT2D eigenvalue weighted by atomic mass is 16.8. The molecule has 238 valence electrons. The fourth-order valence-corrected chi connectivity index (χ4v) is 9.65. The molecule has 43 heavy (non-hydrogen) atoms. The Morgan fingerprint density at radius 3 is 2.63 bits per heavy atom. The largest absolute Gasteiger partial charge is 0.458 e. The smallest absolute Gasteiger partial charge is 0.334 e. The van der Waals surface area contributed by atoms with Gasteiger partial charge in [-0.3, -0.25) is 4.79 Å². The number of ether oxygens (including phenoxy) is 7. The van der Waals surface area contributed by atoms with Gasteiger partial charge in [0.15, 0.2) is 18.0 Å². The van der Waals surface area contributed by atoms with E-state index < -0.39 is 66.2 Å². The molecule has 2 spiro atoms. The van der Waals surface area contributed by atoms with E-state index >= 15 is 0 Å². The third-order valence-corrected chi connectivity index (χ3v) is 12.0. The van der Waals surface area contributed by atoms with Crippen LogP contribution in [-0.4, -0.2) is 124 Å². The monoisotopic (exact) mass is 608 g/mol. The summed E-state index contributed by atoms with van der Waals surface area (Å²) >= 11 is 0. The molecule has 0 aromatic carbocycles. The second kappa shape index (κ2) is 9.20. The molecule has 0 amide bonds. The van der Waals surface area contributed by atoms with Crippen LogP contribution >= 0.6 is 0 Å². The number of epoxide rings is 3. The molecule has 0 bridgehead atoms. The Morgan fingerprint density at radius 2 is 1.88 bits per heavy atom. The first-order chi connectivity index (χ1) is 20.5. The molecular formula is C30H40O13. The van der Waals surface area contributed by atoms with Crippen molar-refractivity contribution in [2.75, 3.05) is 19.8 Å².